The molecule has 102 valence electrons. The summed E-state index contributed by atoms with van der Waals surface area (Å²) in [6.45, 7) is 5.80. The van der Waals surface area contributed by atoms with Gasteiger partial charge in [-0.05, 0) is 31.1 Å². The summed E-state index contributed by atoms with van der Waals surface area (Å²) in [5.41, 5.74) is 6.83. The molecule has 1 aliphatic heterocycles. The van der Waals surface area contributed by atoms with Crippen LogP contribution in [0.2, 0.25) is 0 Å². The molecule has 3 aliphatic rings. The molecule has 0 saturated heterocycles. The van der Waals surface area contributed by atoms with E-state index in [0.29, 0.717) is 11.5 Å². The van der Waals surface area contributed by atoms with Gasteiger partial charge in [-0.3, -0.25) is 4.99 Å². The third-order valence-electron chi connectivity index (χ3n) is 5.80. The van der Waals surface area contributed by atoms with E-state index in [4.69, 9.17) is 5.73 Å². The third kappa shape index (κ3) is 1.59. The molecule has 1 spiro atoms. The van der Waals surface area contributed by atoms with Crippen molar-refractivity contribution in [3.05, 3.63) is 0 Å². The predicted octanol–water partition coefficient (Wildman–Crippen LogP) is 2.90. The smallest absolute Gasteiger partial charge is 0.192 e. The number of hydrogen-bond acceptors (Lipinski definition) is 3. The van der Waals surface area contributed by atoms with Crippen LogP contribution in [0.4, 0.5) is 0 Å². The number of nitrogens with two attached hydrogens (primary N) is 1. The maximum Gasteiger partial charge on any atom is 0.192 e. The van der Waals surface area contributed by atoms with E-state index in [1.807, 2.05) is 0 Å². The Morgan fingerprint density at radius 2 is 1.78 bits per heavy atom. The molecule has 0 aromatic rings. The van der Waals surface area contributed by atoms with Gasteiger partial charge in [-0.2, -0.15) is 0 Å². The zero-order valence-electron chi connectivity index (χ0n) is 11.9. The monoisotopic (exact) mass is 249 g/mol. The van der Waals surface area contributed by atoms with Crippen molar-refractivity contribution in [3.63, 3.8) is 0 Å². The van der Waals surface area contributed by atoms with Crippen molar-refractivity contribution in [1.29, 1.82) is 0 Å². The van der Waals surface area contributed by atoms with E-state index in [0.717, 1.165) is 12.5 Å². The Balaban J connectivity index is 1.94. The first-order valence-electron chi connectivity index (χ1n) is 7.66. The Kier molecular flexibility index (Phi) is 2.83. The minimum Gasteiger partial charge on any atom is -0.370 e. The molecule has 1 atom stereocenters. The third-order valence-corrected chi connectivity index (χ3v) is 5.80. The molecule has 3 rings (SSSR count). The Morgan fingerprint density at radius 1 is 1.11 bits per heavy atom. The fourth-order valence-electron chi connectivity index (χ4n) is 4.58. The molecule has 0 radical (unpaired) electrons. The van der Waals surface area contributed by atoms with Crippen LogP contribution in [-0.2, 0) is 0 Å². The molecule has 0 aromatic heterocycles. The number of rotatable bonds is 1. The van der Waals surface area contributed by atoms with E-state index in [2.05, 4.69) is 23.7 Å². The zero-order valence-corrected chi connectivity index (χ0v) is 11.9. The quantitative estimate of drug-likeness (QED) is 0.776. The highest BCUT2D eigenvalue weighted by Crippen LogP contribution is 2.51. The van der Waals surface area contributed by atoms with Crippen molar-refractivity contribution in [2.45, 2.75) is 76.8 Å². The van der Waals surface area contributed by atoms with Crippen LogP contribution in [0.15, 0.2) is 4.99 Å². The molecule has 3 nitrogen and oxygen atoms in total. The van der Waals surface area contributed by atoms with Crippen LogP contribution < -0.4 is 5.73 Å². The number of aliphatic imine (C=N–C) groups is 1. The van der Waals surface area contributed by atoms with E-state index >= 15 is 0 Å². The lowest BCUT2D eigenvalue weighted by molar-refractivity contribution is -0.0103. The molecule has 0 aromatic carbocycles. The van der Waals surface area contributed by atoms with Crippen molar-refractivity contribution in [2.75, 3.05) is 6.54 Å². The van der Waals surface area contributed by atoms with Crippen LogP contribution >= 0.6 is 0 Å². The Hall–Kier alpha value is -0.730. The van der Waals surface area contributed by atoms with Gasteiger partial charge in [-0.1, -0.05) is 39.5 Å². The maximum atomic E-state index is 6.26. The van der Waals surface area contributed by atoms with Gasteiger partial charge >= 0.3 is 0 Å². The van der Waals surface area contributed by atoms with Crippen molar-refractivity contribution in [3.8, 4) is 0 Å². The number of nitrogens with zero attached hydrogens (tertiary/aromatic N) is 2. The second kappa shape index (κ2) is 4.14. The lowest BCUT2D eigenvalue weighted by Gasteiger charge is -2.55. The van der Waals surface area contributed by atoms with Crippen LogP contribution in [0.5, 0.6) is 0 Å². The maximum absolute atomic E-state index is 6.26. The molecule has 0 amide bonds. The van der Waals surface area contributed by atoms with E-state index in [-0.39, 0.29) is 5.54 Å². The fourth-order valence-corrected chi connectivity index (χ4v) is 4.58. The highest BCUT2D eigenvalue weighted by Gasteiger charge is 2.55. The van der Waals surface area contributed by atoms with Gasteiger partial charge in [0.1, 0.15) is 0 Å². The van der Waals surface area contributed by atoms with Crippen LogP contribution in [0.3, 0.4) is 0 Å². The Morgan fingerprint density at radius 3 is 2.44 bits per heavy atom. The zero-order chi connectivity index (χ0) is 12.8. The minimum absolute atomic E-state index is 0.227. The van der Waals surface area contributed by atoms with Crippen LogP contribution in [0, 0.1) is 5.41 Å². The molecular weight excluding hydrogens is 222 g/mol. The molecule has 2 saturated carbocycles. The van der Waals surface area contributed by atoms with E-state index in [1.165, 1.54) is 51.4 Å². The second-order valence-corrected chi connectivity index (χ2v) is 7.11. The molecule has 3 heteroatoms. The first-order valence-corrected chi connectivity index (χ1v) is 7.66. The second-order valence-electron chi connectivity index (χ2n) is 7.11. The first-order chi connectivity index (χ1) is 8.57. The van der Waals surface area contributed by atoms with Crippen molar-refractivity contribution >= 4 is 5.96 Å². The summed E-state index contributed by atoms with van der Waals surface area (Å²) in [4.78, 5) is 7.21. The highest BCUT2D eigenvalue weighted by molar-refractivity contribution is 5.81. The van der Waals surface area contributed by atoms with Gasteiger partial charge in [0.05, 0.1) is 12.1 Å². The standard InChI is InChI=1S/C15H27N3/c1-14(2)9-5-6-10-15(14)11-17-13(16)18(15)12-7-3-4-8-12/h12H,3-11H2,1-2H3,(H2,16,17). The van der Waals surface area contributed by atoms with Gasteiger partial charge in [-0.25, -0.2) is 0 Å². The first kappa shape index (κ1) is 12.3. The van der Waals surface area contributed by atoms with Gasteiger partial charge in [0.25, 0.3) is 0 Å². The van der Waals surface area contributed by atoms with Gasteiger partial charge in [0.2, 0.25) is 0 Å². The Labute approximate surface area is 111 Å². The molecule has 2 aliphatic carbocycles. The lowest BCUT2D eigenvalue weighted by atomic mass is 9.62. The van der Waals surface area contributed by atoms with E-state index in [1.54, 1.807) is 0 Å². The van der Waals surface area contributed by atoms with Crippen molar-refractivity contribution in [1.82, 2.24) is 4.90 Å². The van der Waals surface area contributed by atoms with Gasteiger partial charge in [0, 0.05) is 6.04 Å². The van der Waals surface area contributed by atoms with Crippen LogP contribution in [-0.4, -0.2) is 29.0 Å². The Bertz CT molecular complexity index is 355. The predicted molar refractivity (Wildman–Crippen MR) is 75.6 cm³/mol. The normalized spacial score (nSPS) is 36.3. The summed E-state index contributed by atoms with van der Waals surface area (Å²) < 4.78 is 0. The molecule has 18 heavy (non-hydrogen) atoms. The summed E-state index contributed by atoms with van der Waals surface area (Å²) >= 11 is 0. The van der Waals surface area contributed by atoms with E-state index in [9.17, 15) is 0 Å². The molecule has 0 bridgehead atoms. The lowest BCUT2D eigenvalue weighted by Crippen LogP contribution is -2.63. The minimum atomic E-state index is 0.227. The SMILES string of the molecule is CC1(C)CCCCC12CN=C(N)N2C1CCCC1. The average molecular weight is 249 g/mol. The fraction of sp³-hybridized carbons (Fsp3) is 0.933. The molecule has 2 N–H and O–H groups in total. The molecular formula is C15H27N3. The highest BCUT2D eigenvalue weighted by atomic mass is 15.4. The van der Waals surface area contributed by atoms with Crippen molar-refractivity contribution in [2.24, 2.45) is 16.1 Å². The van der Waals surface area contributed by atoms with Crippen LogP contribution in [0.1, 0.15) is 65.2 Å². The molecule has 1 heterocycles. The van der Waals surface area contributed by atoms with Gasteiger partial charge < -0.3 is 10.6 Å². The summed E-state index contributed by atoms with van der Waals surface area (Å²) in [5.74, 6) is 0.830. The van der Waals surface area contributed by atoms with Gasteiger partial charge in [0.15, 0.2) is 5.96 Å². The van der Waals surface area contributed by atoms with Crippen LogP contribution in [0.25, 0.3) is 0 Å². The summed E-state index contributed by atoms with van der Waals surface area (Å²) in [6.07, 6.45) is 10.7. The average Bonchev–Trinajstić information content (AvgIpc) is 2.92. The van der Waals surface area contributed by atoms with Gasteiger partial charge in [-0.15, -0.1) is 0 Å². The molecule has 2 fully saturated rings. The number of hydrogen-bond donors (Lipinski definition) is 1. The summed E-state index contributed by atoms with van der Waals surface area (Å²) in [6, 6.07) is 0.661. The van der Waals surface area contributed by atoms with E-state index < -0.39 is 0 Å². The largest absolute Gasteiger partial charge is 0.370 e. The summed E-state index contributed by atoms with van der Waals surface area (Å²) in [5, 5.41) is 0. The summed E-state index contributed by atoms with van der Waals surface area (Å²) in [7, 11) is 0. The topological polar surface area (TPSA) is 41.6 Å². The number of guanidine groups is 1. The van der Waals surface area contributed by atoms with Crippen molar-refractivity contribution < 1.29 is 0 Å². The molecule has 1 unspecified atom stereocenters.